The van der Waals surface area contributed by atoms with E-state index in [2.05, 4.69) is 19.1 Å². The molecule has 0 spiro atoms. The summed E-state index contributed by atoms with van der Waals surface area (Å²) in [5.74, 6) is -0.791. The first-order chi connectivity index (χ1) is 10.2. The van der Waals surface area contributed by atoms with Crippen LogP contribution in [-0.2, 0) is 9.53 Å². The molecule has 3 heteroatoms. The Morgan fingerprint density at radius 1 is 1.10 bits per heavy atom. The minimum atomic E-state index is -0.791. The molecule has 3 nitrogen and oxygen atoms in total. The summed E-state index contributed by atoms with van der Waals surface area (Å²) in [5, 5.41) is 9.35. The van der Waals surface area contributed by atoms with E-state index in [0.717, 1.165) is 44.9 Å². The lowest BCUT2D eigenvalue weighted by atomic mass is 10.0. The molecule has 0 bridgehead atoms. The number of carbonyl (C=O) groups is 1. The number of rotatable bonds is 5. The fourth-order valence-electron chi connectivity index (χ4n) is 2.85. The number of aliphatic carboxylic acids is 1. The van der Waals surface area contributed by atoms with Crippen molar-refractivity contribution in [1.29, 1.82) is 0 Å². The van der Waals surface area contributed by atoms with E-state index >= 15 is 0 Å². The van der Waals surface area contributed by atoms with E-state index in [1.165, 1.54) is 25.7 Å². The molecule has 0 saturated carbocycles. The van der Waals surface area contributed by atoms with Crippen molar-refractivity contribution in [3.63, 3.8) is 0 Å². The maximum absolute atomic E-state index is 11.4. The molecule has 21 heavy (non-hydrogen) atoms. The minimum absolute atomic E-state index is 0.100. The van der Waals surface area contributed by atoms with E-state index in [1.807, 2.05) is 0 Å². The SMILES string of the molecule is CCCCCC1CCC=CCCCCCCC(C(=O)O)O1. The zero-order valence-corrected chi connectivity index (χ0v) is 13.6. The lowest BCUT2D eigenvalue weighted by Gasteiger charge is -2.22. The number of hydrogen-bond donors (Lipinski definition) is 1. The summed E-state index contributed by atoms with van der Waals surface area (Å²) in [5.41, 5.74) is 0. The van der Waals surface area contributed by atoms with E-state index in [-0.39, 0.29) is 6.10 Å². The largest absolute Gasteiger partial charge is 0.479 e. The normalized spacial score (nSPS) is 25.6. The second-order valence-corrected chi connectivity index (χ2v) is 6.12. The predicted octanol–water partition coefficient (Wildman–Crippen LogP) is 5.10. The zero-order valence-electron chi connectivity index (χ0n) is 13.6. The Bertz CT molecular complexity index is 299. The topological polar surface area (TPSA) is 46.5 Å². The average molecular weight is 296 g/mol. The predicted molar refractivity (Wildman–Crippen MR) is 86.5 cm³/mol. The van der Waals surface area contributed by atoms with Gasteiger partial charge in [-0.15, -0.1) is 0 Å². The van der Waals surface area contributed by atoms with Gasteiger partial charge in [-0.3, -0.25) is 0 Å². The number of ether oxygens (including phenoxy) is 1. The Labute approximate surface area is 129 Å². The van der Waals surface area contributed by atoms with Gasteiger partial charge in [-0.25, -0.2) is 4.79 Å². The summed E-state index contributed by atoms with van der Waals surface area (Å²) < 4.78 is 5.94. The van der Waals surface area contributed by atoms with E-state index in [0.29, 0.717) is 6.42 Å². The molecule has 2 atom stereocenters. The zero-order chi connectivity index (χ0) is 15.3. The van der Waals surface area contributed by atoms with Gasteiger partial charge in [-0.2, -0.15) is 0 Å². The summed E-state index contributed by atoms with van der Waals surface area (Å²) >= 11 is 0. The highest BCUT2D eigenvalue weighted by Crippen LogP contribution is 2.19. The van der Waals surface area contributed by atoms with Crippen LogP contribution in [0.5, 0.6) is 0 Å². The summed E-state index contributed by atoms with van der Waals surface area (Å²) in [6.07, 6.45) is 16.8. The Morgan fingerprint density at radius 3 is 2.62 bits per heavy atom. The molecule has 0 saturated heterocycles. The van der Waals surface area contributed by atoms with Crippen molar-refractivity contribution in [2.75, 3.05) is 0 Å². The van der Waals surface area contributed by atoms with Crippen molar-refractivity contribution >= 4 is 5.97 Å². The molecule has 122 valence electrons. The summed E-state index contributed by atoms with van der Waals surface area (Å²) in [7, 11) is 0. The Balaban J connectivity index is 2.55. The van der Waals surface area contributed by atoms with Crippen LogP contribution in [-0.4, -0.2) is 23.3 Å². The maximum atomic E-state index is 11.4. The third-order valence-corrected chi connectivity index (χ3v) is 4.17. The maximum Gasteiger partial charge on any atom is 0.332 e. The molecule has 0 aromatic heterocycles. The molecule has 0 aromatic carbocycles. The molecule has 0 aromatic rings. The van der Waals surface area contributed by atoms with Crippen molar-refractivity contribution in [3.05, 3.63) is 12.2 Å². The molecule has 0 aliphatic carbocycles. The molecule has 1 aliphatic rings. The smallest absolute Gasteiger partial charge is 0.332 e. The van der Waals surface area contributed by atoms with Gasteiger partial charge < -0.3 is 9.84 Å². The van der Waals surface area contributed by atoms with Crippen molar-refractivity contribution in [3.8, 4) is 0 Å². The highest BCUT2D eigenvalue weighted by atomic mass is 16.5. The number of carboxylic acid groups (broad SMARTS) is 1. The van der Waals surface area contributed by atoms with E-state index in [9.17, 15) is 9.90 Å². The van der Waals surface area contributed by atoms with Crippen molar-refractivity contribution in [1.82, 2.24) is 0 Å². The van der Waals surface area contributed by atoms with Crippen LogP contribution in [0.15, 0.2) is 12.2 Å². The first-order valence-electron chi connectivity index (χ1n) is 8.77. The van der Waals surface area contributed by atoms with Crippen molar-refractivity contribution in [2.24, 2.45) is 0 Å². The van der Waals surface area contributed by atoms with Crippen LogP contribution in [0, 0.1) is 0 Å². The summed E-state index contributed by atoms with van der Waals surface area (Å²) in [6.45, 7) is 2.19. The fraction of sp³-hybridized carbons (Fsp3) is 0.833. The second kappa shape index (κ2) is 11.8. The van der Waals surface area contributed by atoms with Crippen LogP contribution in [0.4, 0.5) is 0 Å². The fourth-order valence-corrected chi connectivity index (χ4v) is 2.85. The van der Waals surface area contributed by atoms with E-state index in [4.69, 9.17) is 4.74 Å². The van der Waals surface area contributed by atoms with Crippen LogP contribution in [0.25, 0.3) is 0 Å². The molecule has 0 amide bonds. The minimum Gasteiger partial charge on any atom is -0.479 e. The number of carboxylic acids is 1. The van der Waals surface area contributed by atoms with Crippen LogP contribution >= 0.6 is 0 Å². The monoisotopic (exact) mass is 296 g/mol. The van der Waals surface area contributed by atoms with Gasteiger partial charge in [0.25, 0.3) is 0 Å². The number of allylic oxidation sites excluding steroid dienone is 2. The van der Waals surface area contributed by atoms with E-state index in [1.54, 1.807) is 0 Å². The Hall–Kier alpha value is -0.830. The van der Waals surface area contributed by atoms with Gasteiger partial charge in [0.2, 0.25) is 0 Å². The lowest BCUT2D eigenvalue weighted by Crippen LogP contribution is -2.29. The van der Waals surface area contributed by atoms with E-state index < -0.39 is 12.1 Å². The van der Waals surface area contributed by atoms with Crippen LogP contribution in [0.3, 0.4) is 0 Å². The molecule has 1 rings (SSSR count). The lowest BCUT2D eigenvalue weighted by molar-refractivity contribution is -0.155. The Kier molecular flexibility index (Phi) is 10.2. The number of unbranched alkanes of at least 4 members (excludes halogenated alkanes) is 2. The van der Waals surface area contributed by atoms with Gasteiger partial charge in [0, 0.05) is 0 Å². The number of hydrogen-bond acceptors (Lipinski definition) is 2. The van der Waals surface area contributed by atoms with Gasteiger partial charge in [0.15, 0.2) is 6.10 Å². The van der Waals surface area contributed by atoms with Gasteiger partial charge in [0.05, 0.1) is 6.10 Å². The molecule has 0 fully saturated rings. The van der Waals surface area contributed by atoms with Gasteiger partial charge in [0.1, 0.15) is 0 Å². The first kappa shape index (κ1) is 18.2. The third kappa shape index (κ3) is 8.92. The summed E-state index contributed by atoms with van der Waals surface area (Å²) in [6, 6.07) is 0. The van der Waals surface area contributed by atoms with Gasteiger partial charge in [-0.05, 0) is 38.5 Å². The molecule has 2 unspecified atom stereocenters. The van der Waals surface area contributed by atoms with Crippen molar-refractivity contribution < 1.29 is 14.6 Å². The molecular weight excluding hydrogens is 264 g/mol. The molecule has 1 heterocycles. The Morgan fingerprint density at radius 2 is 1.86 bits per heavy atom. The highest BCUT2D eigenvalue weighted by Gasteiger charge is 2.22. The second-order valence-electron chi connectivity index (χ2n) is 6.12. The molecular formula is C18H32O3. The highest BCUT2D eigenvalue weighted by molar-refractivity contribution is 5.72. The standard InChI is InChI=1S/C18H32O3/c1-2-3-10-13-16-14-11-8-6-4-5-7-9-12-15-17(21-16)18(19)20/h6,8,16-17H,2-5,7,9-15H2,1H3,(H,19,20). The molecule has 1 N–H and O–H groups in total. The van der Waals surface area contributed by atoms with Crippen LogP contribution in [0.1, 0.15) is 84.0 Å². The molecule has 0 radical (unpaired) electrons. The first-order valence-corrected chi connectivity index (χ1v) is 8.77. The molecule has 1 aliphatic heterocycles. The quantitative estimate of drug-likeness (QED) is 0.567. The summed E-state index contributed by atoms with van der Waals surface area (Å²) in [4.78, 5) is 11.4. The van der Waals surface area contributed by atoms with Crippen LogP contribution < -0.4 is 0 Å². The average Bonchev–Trinajstić information content (AvgIpc) is 2.48. The van der Waals surface area contributed by atoms with Crippen LogP contribution in [0.2, 0.25) is 0 Å². The van der Waals surface area contributed by atoms with Crippen molar-refractivity contribution in [2.45, 2.75) is 96.2 Å². The van der Waals surface area contributed by atoms with Gasteiger partial charge >= 0.3 is 5.97 Å². The third-order valence-electron chi connectivity index (χ3n) is 4.17. The van der Waals surface area contributed by atoms with Gasteiger partial charge in [-0.1, -0.05) is 57.6 Å².